The van der Waals surface area contributed by atoms with E-state index in [0.717, 1.165) is 0 Å². The van der Waals surface area contributed by atoms with Gasteiger partial charge >= 0.3 is 6.18 Å². The van der Waals surface area contributed by atoms with Gasteiger partial charge in [0.25, 0.3) is 0 Å². The Labute approximate surface area is 43.7 Å². The second-order valence-electron chi connectivity index (χ2n) is 1.32. The predicted molar refractivity (Wildman–Crippen MR) is 21.3 cm³/mol. The van der Waals surface area contributed by atoms with Gasteiger partial charge in [0.15, 0.2) is 6.04 Å². The maximum Gasteiger partial charge on any atom is 0.413 e. The molecular weight excluding hydrogens is 123 g/mol. The van der Waals surface area contributed by atoms with Crippen LogP contribution in [0.25, 0.3) is 0 Å². The summed E-state index contributed by atoms with van der Waals surface area (Å²) in [6, 6.07) is -2.08. The lowest BCUT2D eigenvalue weighted by atomic mass is 10.4. The first-order chi connectivity index (χ1) is 3.48. The minimum Gasteiger partial charge on any atom is -0.168 e. The molecule has 0 heterocycles. The Kier molecular flexibility index (Phi) is 1.94. The molecule has 0 aromatic rings. The number of rotatable bonds is 1. The number of halogens is 3. The molecule has 2 nitrogen and oxygen atoms in total. The van der Waals surface area contributed by atoms with Crippen LogP contribution in [-0.4, -0.2) is 12.2 Å². The molecule has 48 valence electrons. The maximum atomic E-state index is 11.2. The zero-order valence-electron chi connectivity index (χ0n) is 4.07. The minimum absolute atomic E-state index is 0.701. The van der Waals surface area contributed by atoms with Crippen molar-refractivity contribution in [2.24, 2.45) is 5.18 Å². The average molecular weight is 127 g/mol. The molecular formula is C3H4F3NO. The number of alkyl halides is 3. The van der Waals surface area contributed by atoms with Gasteiger partial charge in [-0.1, -0.05) is 5.18 Å². The van der Waals surface area contributed by atoms with Crippen LogP contribution in [0.15, 0.2) is 5.18 Å². The van der Waals surface area contributed by atoms with E-state index in [4.69, 9.17) is 0 Å². The van der Waals surface area contributed by atoms with E-state index in [-0.39, 0.29) is 0 Å². The highest BCUT2D eigenvalue weighted by Crippen LogP contribution is 2.21. The summed E-state index contributed by atoms with van der Waals surface area (Å²) < 4.78 is 33.5. The molecule has 0 unspecified atom stereocenters. The number of hydrogen-bond acceptors (Lipinski definition) is 2. The SMILES string of the molecule is C[C@H](N=O)C(F)(F)F. The lowest BCUT2D eigenvalue weighted by Crippen LogP contribution is -2.22. The van der Waals surface area contributed by atoms with Gasteiger partial charge in [-0.3, -0.25) is 0 Å². The second kappa shape index (κ2) is 2.11. The molecule has 0 saturated carbocycles. The van der Waals surface area contributed by atoms with Crippen molar-refractivity contribution in [3.63, 3.8) is 0 Å². The molecule has 1 atom stereocenters. The lowest BCUT2D eigenvalue weighted by molar-refractivity contribution is -0.143. The summed E-state index contributed by atoms with van der Waals surface area (Å²) in [4.78, 5) is 9.18. The van der Waals surface area contributed by atoms with E-state index in [0.29, 0.717) is 6.92 Å². The molecule has 0 bridgehead atoms. The van der Waals surface area contributed by atoms with Crippen LogP contribution in [-0.2, 0) is 0 Å². The van der Waals surface area contributed by atoms with E-state index >= 15 is 0 Å². The summed E-state index contributed by atoms with van der Waals surface area (Å²) in [6.07, 6.45) is -4.47. The monoisotopic (exact) mass is 127 g/mol. The highest BCUT2D eigenvalue weighted by atomic mass is 19.4. The van der Waals surface area contributed by atoms with Gasteiger partial charge in [-0.2, -0.15) is 18.1 Å². The minimum atomic E-state index is -4.47. The third-order valence-electron chi connectivity index (χ3n) is 0.632. The van der Waals surface area contributed by atoms with Crippen molar-refractivity contribution >= 4 is 0 Å². The standard InChI is InChI=1S/C3H4F3NO/c1-2(7-8)3(4,5)6/h2H,1H3/t2-/m0/s1. The van der Waals surface area contributed by atoms with Gasteiger partial charge in [-0.05, 0) is 6.92 Å². The first kappa shape index (κ1) is 7.39. The molecule has 0 saturated heterocycles. The van der Waals surface area contributed by atoms with Gasteiger partial charge in [-0.25, -0.2) is 0 Å². The summed E-state index contributed by atoms with van der Waals surface area (Å²) in [5.41, 5.74) is 0. The van der Waals surface area contributed by atoms with Crippen LogP contribution in [0.5, 0.6) is 0 Å². The average Bonchev–Trinajstić information content (AvgIpc) is 1.62. The molecule has 0 radical (unpaired) electrons. The summed E-state index contributed by atoms with van der Waals surface area (Å²) in [5.74, 6) is 0. The van der Waals surface area contributed by atoms with Crippen molar-refractivity contribution < 1.29 is 13.2 Å². The Morgan fingerprint density at radius 2 is 1.88 bits per heavy atom. The number of nitroso groups, excluding NO2 is 1. The van der Waals surface area contributed by atoms with E-state index in [9.17, 15) is 18.1 Å². The number of hydrogen-bond donors (Lipinski definition) is 0. The molecule has 0 aromatic heterocycles. The summed E-state index contributed by atoms with van der Waals surface area (Å²) in [7, 11) is 0. The zero-order chi connectivity index (χ0) is 6.78. The molecule has 0 aliphatic rings. The first-order valence-corrected chi connectivity index (χ1v) is 1.87. The van der Waals surface area contributed by atoms with Gasteiger partial charge in [0.2, 0.25) is 0 Å². The summed E-state index contributed by atoms with van der Waals surface area (Å²) in [5, 5.41) is 1.78. The second-order valence-corrected chi connectivity index (χ2v) is 1.32. The van der Waals surface area contributed by atoms with E-state index in [1.54, 1.807) is 5.18 Å². The van der Waals surface area contributed by atoms with E-state index in [1.807, 2.05) is 0 Å². The lowest BCUT2D eigenvalue weighted by Gasteiger charge is -2.05. The third-order valence-corrected chi connectivity index (χ3v) is 0.632. The fourth-order valence-corrected chi connectivity index (χ4v) is 0.0598. The maximum absolute atomic E-state index is 11.2. The highest BCUT2D eigenvalue weighted by Gasteiger charge is 2.37. The van der Waals surface area contributed by atoms with E-state index in [2.05, 4.69) is 0 Å². The fourth-order valence-electron chi connectivity index (χ4n) is 0.0598. The predicted octanol–water partition coefficient (Wildman–Crippen LogP) is 1.70. The van der Waals surface area contributed by atoms with Crippen LogP contribution in [0.3, 0.4) is 0 Å². The Balaban J connectivity index is 3.80. The fraction of sp³-hybridized carbons (Fsp3) is 1.00. The Bertz CT molecular complexity index is 89.0. The van der Waals surface area contributed by atoms with Crippen molar-refractivity contribution in [1.29, 1.82) is 0 Å². The topological polar surface area (TPSA) is 29.4 Å². The Morgan fingerprint density at radius 1 is 1.50 bits per heavy atom. The van der Waals surface area contributed by atoms with Crippen LogP contribution in [0, 0.1) is 4.91 Å². The molecule has 0 spiro atoms. The van der Waals surface area contributed by atoms with Crippen molar-refractivity contribution in [3.8, 4) is 0 Å². The number of nitrogens with zero attached hydrogens (tertiary/aromatic N) is 1. The van der Waals surface area contributed by atoms with Crippen molar-refractivity contribution in [3.05, 3.63) is 4.91 Å². The van der Waals surface area contributed by atoms with Gasteiger partial charge in [-0.15, -0.1) is 0 Å². The molecule has 0 amide bonds. The van der Waals surface area contributed by atoms with Crippen LogP contribution >= 0.6 is 0 Å². The van der Waals surface area contributed by atoms with Crippen LogP contribution in [0.4, 0.5) is 13.2 Å². The van der Waals surface area contributed by atoms with Crippen LogP contribution in [0.2, 0.25) is 0 Å². The van der Waals surface area contributed by atoms with E-state index < -0.39 is 12.2 Å². The molecule has 0 aliphatic carbocycles. The Morgan fingerprint density at radius 3 is 1.88 bits per heavy atom. The van der Waals surface area contributed by atoms with Gasteiger partial charge in [0.05, 0.1) is 0 Å². The van der Waals surface area contributed by atoms with Gasteiger partial charge < -0.3 is 0 Å². The quantitative estimate of drug-likeness (QED) is 0.493. The van der Waals surface area contributed by atoms with Gasteiger partial charge in [0.1, 0.15) is 0 Å². The molecule has 0 N–H and O–H groups in total. The molecule has 5 heteroatoms. The van der Waals surface area contributed by atoms with Crippen LogP contribution in [0.1, 0.15) is 6.92 Å². The largest absolute Gasteiger partial charge is 0.413 e. The zero-order valence-corrected chi connectivity index (χ0v) is 4.07. The highest BCUT2D eigenvalue weighted by molar-refractivity contribution is 4.66. The molecule has 0 aromatic carbocycles. The van der Waals surface area contributed by atoms with Crippen molar-refractivity contribution in [1.82, 2.24) is 0 Å². The summed E-state index contributed by atoms with van der Waals surface area (Å²) >= 11 is 0. The normalized spacial score (nSPS) is 15.5. The first-order valence-electron chi connectivity index (χ1n) is 1.87. The van der Waals surface area contributed by atoms with Crippen molar-refractivity contribution in [2.45, 2.75) is 19.1 Å². The third kappa shape index (κ3) is 1.90. The van der Waals surface area contributed by atoms with Crippen LogP contribution < -0.4 is 0 Å². The molecule has 0 fully saturated rings. The summed E-state index contributed by atoms with van der Waals surface area (Å²) in [6.45, 7) is 0.701. The van der Waals surface area contributed by atoms with Crippen molar-refractivity contribution in [2.75, 3.05) is 0 Å². The smallest absolute Gasteiger partial charge is 0.168 e. The molecule has 0 rings (SSSR count). The Hall–Kier alpha value is -0.610. The molecule has 8 heavy (non-hydrogen) atoms. The molecule has 0 aliphatic heterocycles. The van der Waals surface area contributed by atoms with E-state index in [1.165, 1.54) is 0 Å². The van der Waals surface area contributed by atoms with Gasteiger partial charge in [0, 0.05) is 0 Å².